The number of ether oxygens (including phenoxy) is 2. The molecule has 0 aliphatic rings. The summed E-state index contributed by atoms with van der Waals surface area (Å²) >= 11 is 3.33. The molecule has 0 radical (unpaired) electrons. The number of benzene rings is 1. The minimum atomic E-state index is -0.502. The average Bonchev–Trinajstić information content (AvgIpc) is 2.94. The SMILES string of the molecule is CC(C)OC(=O)c1ccc(COc2ccc(C=O)cc2Br)o1. The lowest BCUT2D eigenvalue weighted by Gasteiger charge is -2.07. The normalized spacial score (nSPS) is 10.5. The van der Waals surface area contributed by atoms with Crippen molar-refractivity contribution in [1.82, 2.24) is 0 Å². The third-order valence-corrected chi connectivity index (χ3v) is 3.29. The Morgan fingerprint density at radius 2 is 2.09 bits per heavy atom. The van der Waals surface area contributed by atoms with Gasteiger partial charge in [-0.2, -0.15) is 0 Å². The number of halogens is 1. The summed E-state index contributed by atoms with van der Waals surface area (Å²) in [7, 11) is 0. The molecule has 0 spiro atoms. The van der Waals surface area contributed by atoms with Crippen LogP contribution in [0.1, 0.15) is 40.5 Å². The molecule has 22 heavy (non-hydrogen) atoms. The zero-order valence-electron chi connectivity index (χ0n) is 12.2. The van der Waals surface area contributed by atoms with Gasteiger partial charge in [-0.3, -0.25) is 4.79 Å². The molecule has 0 atom stereocenters. The van der Waals surface area contributed by atoms with Gasteiger partial charge in [0.2, 0.25) is 5.76 Å². The number of rotatable bonds is 6. The van der Waals surface area contributed by atoms with Crippen LogP contribution in [-0.4, -0.2) is 18.4 Å². The van der Waals surface area contributed by atoms with Gasteiger partial charge in [0.05, 0.1) is 10.6 Å². The molecule has 2 rings (SSSR count). The fraction of sp³-hybridized carbons (Fsp3) is 0.250. The zero-order chi connectivity index (χ0) is 16.1. The van der Waals surface area contributed by atoms with Crippen LogP contribution in [0.4, 0.5) is 0 Å². The van der Waals surface area contributed by atoms with Crippen LogP contribution in [0.5, 0.6) is 5.75 Å². The number of esters is 1. The van der Waals surface area contributed by atoms with E-state index in [0.29, 0.717) is 21.5 Å². The van der Waals surface area contributed by atoms with Gasteiger partial charge >= 0.3 is 5.97 Å². The van der Waals surface area contributed by atoms with Crippen LogP contribution < -0.4 is 4.74 Å². The molecule has 0 aliphatic carbocycles. The molecule has 1 heterocycles. The number of carbonyl (C=O) groups excluding carboxylic acids is 2. The van der Waals surface area contributed by atoms with Crippen molar-refractivity contribution in [2.24, 2.45) is 0 Å². The van der Waals surface area contributed by atoms with Gasteiger partial charge in [-0.1, -0.05) is 0 Å². The third kappa shape index (κ3) is 4.21. The molecule has 0 unspecified atom stereocenters. The zero-order valence-corrected chi connectivity index (χ0v) is 13.8. The standard InChI is InChI=1S/C16H15BrO5/c1-10(2)21-16(19)15-6-4-12(22-15)9-20-14-5-3-11(8-18)7-13(14)17/h3-8,10H,9H2,1-2H3. The molecule has 0 saturated carbocycles. The highest BCUT2D eigenvalue weighted by Gasteiger charge is 2.14. The minimum Gasteiger partial charge on any atom is -0.484 e. The van der Waals surface area contributed by atoms with E-state index in [1.807, 2.05) is 0 Å². The maximum Gasteiger partial charge on any atom is 0.374 e. The molecule has 6 heteroatoms. The Hall–Kier alpha value is -2.08. The molecule has 1 aromatic carbocycles. The Kier molecular flexibility index (Phi) is 5.38. The highest BCUT2D eigenvalue weighted by molar-refractivity contribution is 9.10. The summed E-state index contributed by atoms with van der Waals surface area (Å²) in [6.45, 7) is 3.70. The van der Waals surface area contributed by atoms with Gasteiger partial charge in [0.1, 0.15) is 24.4 Å². The number of hydrogen-bond acceptors (Lipinski definition) is 5. The van der Waals surface area contributed by atoms with Crippen LogP contribution >= 0.6 is 15.9 Å². The van der Waals surface area contributed by atoms with E-state index in [2.05, 4.69) is 15.9 Å². The molecule has 0 N–H and O–H groups in total. The second kappa shape index (κ2) is 7.26. The summed E-state index contributed by atoms with van der Waals surface area (Å²) in [6.07, 6.45) is 0.554. The average molecular weight is 367 g/mol. The van der Waals surface area contributed by atoms with Gasteiger partial charge in [-0.05, 0) is 60.1 Å². The molecule has 0 aliphatic heterocycles. The van der Waals surface area contributed by atoms with Crippen molar-refractivity contribution < 1.29 is 23.5 Å². The van der Waals surface area contributed by atoms with Crippen LogP contribution in [0.3, 0.4) is 0 Å². The van der Waals surface area contributed by atoms with Gasteiger partial charge in [0.25, 0.3) is 0 Å². The maximum absolute atomic E-state index is 11.7. The van der Waals surface area contributed by atoms with Crippen LogP contribution in [0, 0.1) is 0 Å². The van der Waals surface area contributed by atoms with Gasteiger partial charge in [0.15, 0.2) is 0 Å². The van der Waals surface area contributed by atoms with Crippen molar-refractivity contribution in [2.75, 3.05) is 0 Å². The molecule has 2 aromatic rings. The van der Waals surface area contributed by atoms with Crippen molar-refractivity contribution in [3.05, 3.63) is 51.9 Å². The highest BCUT2D eigenvalue weighted by atomic mass is 79.9. The summed E-state index contributed by atoms with van der Waals surface area (Å²) in [6, 6.07) is 8.21. The number of furan rings is 1. The van der Waals surface area contributed by atoms with E-state index in [9.17, 15) is 9.59 Å². The van der Waals surface area contributed by atoms with E-state index in [0.717, 1.165) is 6.29 Å². The molecule has 0 bridgehead atoms. The Morgan fingerprint density at radius 3 is 2.73 bits per heavy atom. The molecule has 5 nitrogen and oxygen atoms in total. The lowest BCUT2D eigenvalue weighted by atomic mass is 10.2. The maximum atomic E-state index is 11.7. The lowest BCUT2D eigenvalue weighted by Crippen LogP contribution is -2.10. The van der Waals surface area contributed by atoms with E-state index in [1.165, 1.54) is 0 Å². The highest BCUT2D eigenvalue weighted by Crippen LogP contribution is 2.26. The summed E-state index contributed by atoms with van der Waals surface area (Å²) < 4.78 is 16.7. The van der Waals surface area contributed by atoms with Crippen molar-refractivity contribution >= 4 is 28.2 Å². The largest absolute Gasteiger partial charge is 0.484 e. The fourth-order valence-electron chi connectivity index (χ4n) is 1.69. The second-order valence-electron chi connectivity index (χ2n) is 4.82. The smallest absolute Gasteiger partial charge is 0.374 e. The Morgan fingerprint density at radius 1 is 1.32 bits per heavy atom. The van der Waals surface area contributed by atoms with Gasteiger partial charge in [-0.25, -0.2) is 4.79 Å². The molecule has 0 amide bonds. The van der Waals surface area contributed by atoms with Crippen molar-refractivity contribution in [3.8, 4) is 5.75 Å². The number of aldehydes is 1. The molecular weight excluding hydrogens is 352 g/mol. The van der Waals surface area contributed by atoms with E-state index in [4.69, 9.17) is 13.9 Å². The van der Waals surface area contributed by atoms with Crippen LogP contribution in [0.15, 0.2) is 39.2 Å². The summed E-state index contributed by atoms with van der Waals surface area (Å²) in [5, 5.41) is 0. The Labute approximate surface area is 136 Å². The van der Waals surface area contributed by atoms with E-state index in [1.54, 1.807) is 44.2 Å². The number of carbonyl (C=O) groups is 2. The topological polar surface area (TPSA) is 65.7 Å². The quantitative estimate of drug-likeness (QED) is 0.570. The molecule has 1 aromatic heterocycles. The van der Waals surface area contributed by atoms with Crippen LogP contribution in [0.2, 0.25) is 0 Å². The monoisotopic (exact) mass is 366 g/mol. The molecule has 0 saturated heterocycles. The first-order valence-corrected chi connectivity index (χ1v) is 7.46. The minimum absolute atomic E-state index is 0.141. The number of hydrogen-bond donors (Lipinski definition) is 0. The summed E-state index contributed by atoms with van der Waals surface area (Å²) in [5.41, 5.74) is 0.552. The fourth-order valence-corrected chi connectivity index (χ4v) is 2.20. The van der Waals surface area contributed by atoms with Crippen molar-refractivity contribution in [3.63, 3.8) is 0 Å². The molecule has 116 valence electrons. The Balaban J connectivity index is 1.99. The van der Waals surface area contributed by atoms with Crippen LogP contribution in [-0.2, 0) is 11.3 Å². The van der Waals surface area contributed by atoms with Gasteiger partial charge < -0.3 is 13.9 Å². The molecular formula is C16H15BrO5. The van der Waals surface area contributed by atoms with Crippen molar-refractivity contribution in [2.45, 2.75) is 26.6 Å². The predicted molar refractivity (Wildman–Crippen MR) is 83.1 cm³/mol. The van der Waals surface area contributed by atoms with E-state index in [-0.39, 0.29) is 18.5 Å². The first-order chi connectivity index (χ1) is 10.5. The van der Waals surface area contributed by atoms with Gasteiger partial charge in [0, 0.05) is 5.56 Å². The first kappa shape index (κ1) is 16.3. The second-order valence-corrected chi connectivity index (χ2v) is 5.67. The first-order valence-electron chi connectivity index (χ1n) is 6.67. The lowest BCUT2D eigenvalue weighted by molar-refractivity contribution is 0.0337. The third-order valence-electron chi connectivity index (χ3n) is 2.67. The van der Waals surface area contributed by atoms with E-state index < -0.39 is 5.97 Å². The van der Waals surface area contributed by atoms with E-state index >= 15 is 0 Å². The van der Waals surface area contributed by atoms with Crippen molar-refractivity contribution in [1.29, 1.82) is 0 Å². The molecule has 0 fully saturated rings. The van der Waals surface area contributed by atoms with Gasteiger partial charge in [-0.15, -0.1) is 0 Å². The van der Waals surface area contributed by atoms with Crippen LogP contribution in [0.25, 0.3) is 0 Å². The predicted octanol–water partition coefficient (Wildman–Crippen LogP) is 4.00. The summed E-state index contributed by atoms with van der Waals surface area (Å²) in [5.74, 6) is 0.718. The Bertz CT molecular complexity index is 675. The summed E-state index contributed by atoms with van der Waals surface area (Å²) in [4.78, 5) is 22.3.